The zero-order chi connectivity index (χ0) is 13.5. The number of hydrogen-bond donors (Lipinski definition) is 1. The third kappa shape index (κ3) is 4.72. The molecule has 1 unspecified atom stereocenters. The van der Waals surface area contributed by atoms with Gasteiger partial charge in [-0.05, 0) is 45.5 Å². The lowest BCUT2D eigenvalue weighted by Crippen LogP contribution is -2.22. The minimum atomic E-state index is 0.320. The van der Waals surface area contributed by atoms with Gasteiger partial charge in [-0.15, -0.1) is 0 Å². The van der Waals surface area contributed by atoms with Crippen molar-refractivity contribution >= 4 is 5.90 Å². The van der Waals surface area contributed by atoms with Crippen molar-refractivity contribution in [3.63, 3.8) is 0 Å². The minimum Gasteiger partial charge on any atom is -0.443 e. The Bertz CT molecular complexity index is 432. The van der Waals surface area contributed by atoms with Crippen molar-refractivity contribution in [3.05, 3.63) is 41.6 Å². The van der Waals surface area contributed by atoms with E-state index in [1.165, 1.54) is 11.1 Å². The highest BCUT2D eigenvalue weighted by Gasteiger charge is 1.99. The van der Waals surface area contributed by atoms with Gasteiger partial charge in [0.05, 0.1) is 0 Å². The zero-order valence-corrected chi connectivity index (χ0v) is 11.8. The minimum absolute atomic E-state index is 0.320. The molecule has 0 saturated carbocycles. The van der Waals surface area contributed by atoms with Crippen molar-refractivity contribution in [1.82, 2.24) is 5.32 Å². The number of likely N-dealkylation sites (N-methyl/N-ethyl adjacent to an activating group) is 1. The summed E-state index contributed by atoms with van der Waals surface area (Å²) in [6.07, 6.45) is 1.84. The summed E-state index contributed by atoms with van der Waals surface area (Å²) in [7, 11) is 1.93. The predicted molar refractivity (Wildman–Crippen MR) is 77.2 cm³/mol. The van der Waals surface area contributed by atoms with E-state index in [1.54, 1.807) is 0 Å². The van der Waals surface area contributed by atoms with Gasteiger partial charge in [-0.25, -0.2) is 4.99 Å². The largest absolute Gasteiger partial charge is 0.443 e. The van der Waals surface area contributed by atoms with Crippen LogP contribution in [0.25, 0.3) is 0 Å². The molecule has 0 heterocycles. The maximum Gasteiger partial charge on any atom is 0.191 e. The van der Waals surface area contributed by atoms with E-state index in [0.29, 0.717) is 11.9 Å². The normalized spacial score (nSPS) is 14.5. The number of hydrogen-bond acceptors (Lipinski definition) is 3. The first-order chi connectivity index (χ1) is 8.52. The quantitative estimate of drug-likeness (QED) is 0.653. The van der Waals surface area contributed by atoms with Gasteiger partial charge < -0.3 is 10.1 Å². The molecule has 1 atom stereocenters. The summed E-state index contributed by atoms with van der Waals surface area (Å²) in [5, 5.41) is 3.17. The van der Waals surface area contributed by atoms with Gasteiger partial charge in [-0.3, -0.25) is 0 Å². The molecule has 1 aromatic rings. The van der Waals surface area contributed by atoms with Crippen molar-refractivity contribution in [1.29, 1.82) is 0 Å². The molecule has 18 heavy (non-hydrogen) atoms. The molecular formula is C15H22N2O. The number of nitrogens with one attached hydrogen (secondary N) is 1. The Kier molecular flexibility index (Phi) is 5.59. The number of rotatable bonds is 4. The average Bonchev–Trinajstić information content (AvgIpc) is 2.37. The van der Waals surface area contributed by atoms with Gasteiger partial charge in [-0.2, -0.15) is 0 Å². The van der Waals surface area contributed by atoms with Gasteiger partial charge in [0.1, 0.15) is 5.75 Å². The fourth-order valence-electron chi connectivity index (χ4n) is 1.34. The Labute approximate surface area is 110 Å². The predicted octanol–water partition coefficient (Wildman–Crippen LogP) is 3.30. The van der Waals surface area contributed by atoms with E-state index in [2.05, 4.69) is 24.2 Å². The lowest BCUT2D eigenvalue weighted by atomic mass is 10.2. The third-order valence-corrected chi connectivity index (χ3v) is 2.85. The molecule has 0 fully saturated rings. The molecule has 0 radical (unpaired) electrons. The van der Waals surface area contributed by atoms with Gasteiger partial charge in [0.15, 0.2) is 5.90 Å². The molecule has 0 bridgehead atoms. The Morgan fingerprint density at radius 3 is 2.44 bits per heavy atom. The van der Waals surface area contributed by atoms with E-state index in [-0.39, 0.29) is 0 Å². The van der Waals surface area contributed by atoms with E-state index in [0.717, 1.165) is 5.75 Å². The lowest BCUT2D eigenvalue weighted by Gasteiger charge is -2.09. The zero-order valence-electron chi connectivity index (χ0n) is 11.8. The number of ether oxygens (including phenoxy) is 1. The molecule has 0 aliphatic heterocycles. The van der Waals surface area contributed by atoms with E-state index >= 15 is 0 Å². The second kappa shape index (κ2) is 6.97. The van der Waals surface area contributed by atoms with Gasteiger partial charge >= 0.3 is 0 Å². The molecule has 0 aromatic heterocycles. The maximum atomic E-state index is 5.62. The standard InChI is InChI=1S/C15H22N2O/c1-11-6-8-15(9-7-11)18-14(4)17-10-12(2)13(3)16-5/h6-10,13,16H,1-5H3/b12-10+,17-14?. The summed E-state index contributed by atoms with van der Waals surface area (Å²) in [4.78, 5) is 4.30. The highest BCUT2D eigenvalue weighted by Crippen LogP contribution is 2.12. The summed E-state index contributed by atoms with van der Waals surface area (Å²) < 4.78 is 5.62. The summed E-state index contributed by atoms with van der Waals surface area (Å²) >= 11 is 0. The highest BCUT2D eigenvalue weighted by molar-refractivity contribution is 5.76. The molecule has 0 aliphatic rings. The van der Waals surface area contributed by atoms with Gasteiger partial charge in [0, 0.05) is 19.2 Å². The van der Waals surface area contributed by atoms with Crippen molar-refractivity contribution in [3.8, 4) is 5.75 Å². The van der Waals surface area contributed by atoms with Crippen LogP contribution in [0.1, 0.15) is 26.3 Å². The van der Waals surface area contributed by atoms with Crippen LogP contribution < -0.4 is 10.1 Å². The van der Waals surface area contributed by atoms with E-state index < -0.39 is 0 Å². The Balaban J connectivity index is 2.65. The monoisotopic (exact) mass is 246 g/mol. The third-order valence-electron chi connectivity index (χ3n) is 2.85. The lowest BCUT2D eigenvalue weighted by molar-refractivity contribution is 0.546. The number of aryl methyl sites for hydroxylation is 1. The smallest absolute Gasteiger partial charge is 0.191 e. The molecule has 0 amide bonds. The van der Waals surface area contributed by atoms with Crippen molar-refractivity contribution in [2.45, 2.75) is 33.7 Å². The second-order valence-corrected chi connectivity index (χ2v) is 4.45. The molecule has 0 saturated heterocycles. The van der Waals surface area contributed by atoms with Crippen molar-refractivity contribution in [2.75, 3.05) is 7.05 Å². The van der Waals surface area contributed by atoms with E-state index in [4.69, 9.17) is 4.74 Å². The summed E-state index contributed by atoms with van der Waals surface area (Å²) in [6, 6.07) is 8.25. The summed E-state index contributed by atoms with van der Waals surface area (Å²) in [6.45, 7) is 8.05. The molecule has 1 rings (SSSR count). The number of benzene rings is 1. The molecule has 1 N–H and O–H groups in total. The Morgan fingerprint density at radius 1 is 1.28 bits per heavy atom. The fraction of sp³-hybridized carbons (Fsp3) is 0.400. The molecule has 0 aliphatic carbocycles. The van der Waals surface area contributed by atoms with Crippen LogP contribution in [-0.4, -0.2) is 19.0 Å². The first-order valence-corrected chi connectivity index (χ1v) is 6.15. The molecule has 0 spiro atoms. The van der Waals surface area contributed by atoms with Crippen LogP contribution in [0.5, 0.6) is 5.75 Å². The maximum absolute atomic E-state index is 5.62. The topological polar surface area (TPSA) is 33.6 Å². The van der Waals surface area contributed by atoms with Gasteiger partial charge in [-0.1, -0.05) is 17.7 Å². The second-order valence-electron chi connectivity index (χ2n) is 4.45. The molecule has 3 heteroatoms. The van der Waals surface area contributed by atoms with Gasteiger partial charge in [0.25, 0.3) is 0 Å². The van der Waals surface area contributed by atoms with Crippen LogP contribution in [0.4, 0.5) is 0 Å². The SMILES string of the molecule is CNC(C)/C(C)=C/N=C(C)Oc1ccc(C)cc1. The first kappa shape index (κ1) is 14.5. The van der Waals surface area contributed by atoms with Crippen molar-refractivity contribution in [2.24, 2.45) is 4.99 Å². The Hall–Kier alpha value is -1.61. The fourth-order valence-corrected chi connectivity index (χ4v) is 1.34. The van der Waals surface area contributed by atoms with Crippen molar-refractivity contribution < 1.29 is 4.74 Å². The van der Waals surface area contributed by atoms with E-state index in [1.807, 2.05) is 51.4 Å². The summed E-state index contributed by atoms with van der Waals surface area (Å²) in [5.41, 5.74) is 2.39. The highest BCUT2D eigenvalue weighted by atomic mass is 16.5. The molecular weight excluding hydrogens is 224 g/mol. The number of aliphatic imine (C=N–C) groups is 1. The first-order valence-electron chi connectivity index (χ1n) is 6.15. The van der Waals surface area contributed by atoms with Crippen LogP contribution in [-0.2, 0) is 0 Å². The van der Waals surface area contributed by atoms with Crippen LogP contribution in [0, 0.1) is 6.92 Å². The van der Waals surface area contributed by atoms with E-state index in [9.17, 15) is 0 Å². The molecule has 1 aromatic carbocycles. The van der Waals surface area contributed by atoms with Crippen LogP contribution >= 0.6 is 0 Å². The van der Waals surface area contributed by atoms with Gasteiger partial charge in [0.2, 0.25) is 0 Å². The van der Waals surface area contributed by atoms with Crippen LogP contribution in [0.15, 0.2) is 41.0 Å². The molecule has 3 nitrogen and oxygen atoms in total. The Morgan fingerprint density at radius 2 is 1.89 bits per heavy atom. The van der Waals surface area contributed by atoms with Crippen LogP contribution in [0.3, 0.4) is 0 Å². The van der Waals surface area contributed by atoms with Crippen LogP contribution in [0.2, 0.25) is 0 Å². The molecule has 98 valence electrons. The summed E-state index contributed by atoms with van der Waals surface area (Å²) in [5.74, 6) is 1.45. The number of nitrogens with zero attached hydrogens (tertiary/aromatic N) is 1. The average molecular weight is 246 g/mol.